The Bertz CT molecular complexity index is 739. The van der Waals surface area contributed by atoms with Gasteiger partial charge in [-0.2, -0.15) is 0 Å². The van der Waals surface area contributed by atoms with Gasteiger partial charge in [0.25, 0.3) is 0 Å². The largest absolute Gasteiger partial charge is 0.506 e. The molecule has 1 aliphatic heterocycles. The maximum Gasteiger partial charge on any atom is 0.173 e. The summed E-state index contributed by atoms with van der Waals surface area (Å²) in [7, 11) is 0. The van der Waals surface area contributed by atoms with Crippen LogP contribution in [0.5, 0.6) is 5.75 Å². The lowest BCUT2D eigenvalue weighted by Crippen LogP contribution is -2.50. The normalized spacial score (nSPS) is 15.6. The molecule has 0 aromatic heterocycles. The zero-order valence-electron chi connectivity index (χ0n) is 15.5. The van der Waals surface area contributed by atoms with Gasteiger partial charge in [-0.15, -0.1) is 0 Å². The minimum Gasteiger partial charge on any atom is -0.506 e. The van der Waals surface area contributed by atoms with E-state index in [1.54, 1.807) is 6.07 Å². The van der Waals surface area contributed by atoms with Gasteiger partial charge in [-0.1, -0.05) is 38.1 Å². The average molecular weight is 370 g/mol. The molecule has 0 amide bonds. The number of para-hydroxylation sites is 2. The van der Waals surface area contributed by atoms with Crippen LogP contribution in [-0.2, 0) is 0 Å². The van der Waals surface area contributed by atoms with Crippen molar-refractivity contribution in [3.8, 4) is 5.75 Å². The van der Waals surface area contributed by atoms with Crippen molar-refractivity contribution < 1.29 is 5.11 Å². The van der Waals surface area contributed by atoms with Crippen molar-refractivity contribution in [1.29, 1.82) is 0 Å². The molecule has 26 heavy (non-hydrogen) atoms. The third-order valence-electron chi connectivity index (χ3n) is 5.13. The summed E-state index contributed by atoms with van der Waals surface area (Å²) in [6.45, 7) is 7.81. The van der Waals surface area contributed by atoms with Crippen molar-refractivity contribution in [2.75, 3.05) is 36.4 Å². The highest BCUT2D eigenvalue weighted by molar-refractivity contribution is 7.80. The molecule has 0 bridgehead atoms. The molecule has 2 aromatic carbocycles. The summed E-state index contributed by atoms with van der Waals surface area (Å²) in [5.74, 6) is 0.918. The number of rotatable bonds is 4. The van der Waals surface area contributed by atoms with Crippen molar-refractivity contribution in [2.45, 2.75) is 26.2 Å². The zero-order chi connectivity index (χ0) is 18.5. The number of benzene rings is 2. The summed E-state index contributed by atoms with van der Waals surface area (Å²) < 4.78 is 0. The number of phenols is 1. The van der Waals surface area contributed by atoms with Crippen molar-refractivity contribution in [3.63, 3.8) is 0 Å². The number of anilines is 2. The maximum absolute atomic E-state index is 10.0. The number of aromatic hydroxyl groups is 1. The standard InChI is InChI=1S/C21H27N3OS/c1-3-16(2)17-8-10-18(11-9-17)22-21(26)24-14-12-23(13-15-24)19-6-4-5-7-20(19)25/h4-11,16,25H,3,12-15H2,1-2H3,(H,22,26)/t16-/m0/s1. The Hall–Kier alpha value is -2.27. The summed E-state index contributed by atoms with van der Waals surface area (Å²) in [5.41, 5.74) is 3.29. The van der Waals surface area contributed by atoms with E-state index >= 15 is 0 Å². The highest BCUT2D eigenvalue weighted by Gasteiger charge is 2.20. The Morgan fingerprint density at radius 2 is 1.73 bits per heavy atom. The molecule has 0 unspecified atom stereocenters. The van der Waals surface area contributed by atoms with Crippen LogP contribution in [0.15, 0.2) is 48.5 Å². The number of nitrogens with one attached hydrogen (secondary N) is 1. The lowest BCUT2D eigenvalue weighted by atomic mass is 9.99. The molecule has 0 spiro atoms. The van der Waals surface area contributed by atoms with E-state index in [1.807, 2.05) is 18.2 Å². The van der Waals surface area contributed by atoms with E-state index in [0.29, 0.717) is 11.7 Å². The van der Waals surface area contributed by atoms with E-state index < -0.39 is 0 Å². The fourth-order valence-corrected chi connectivity index (χ4v) is 3.52. The van der Waals surface area contributed by atoms with E-state index in [0.717, 1.165) is 49.1 Å². The molecule has 0 saturated carbocycles. The minimum atomic E-state index is 0.336. The van der Waals surface area contributed by atoms with Crippen LogP contribution in [0.3, 0.4) is 0 Å². The molecule has 1 saturated heterocycles. The van der Waals surface area contributed by atoms with E-state index in [4.69, 9.17) is 12.2 Å². The fourth-order valence-electron chi connectivity index (χ4n) is 3.22. The zero-order valence-corrected chi connectivity index (χ0v) is 16.3. The first-order valence-corrected chi connectivity index (χ1v) is 9.68. The van der Waals surface area contributed by atoms with Crippen molar-refractivity contribution >= 4 is 28.7 Å². The molecule has 1 aliphatic rings. The lowest BCUT2D eigenvalue weighted by molar-refractivity contribution is 0.387. The number of hydrogen-bond acceptors (Lipinski definition) is 3. The SMILES string of the molecule is CC[C@H](C)c1ccc(NC(=S)N2CCN(c3ccccc3O)CC2)cc1. The molecular formula is C21H27N3OS. The molecule has 2 aromatic rings. The molecule has 1 heterocycles. The number of piperazine rings is 1. The Morgan fingerprint density at radius 1 is 1.08 bits per heavy atom. The second-order valence-corrected chi connectivity index (χ2v) is 7.21. The Morgan fingerprint density at radius 3 is 2.35 bits per heavy atom. The molecule has 1 atom stereocenters. The smallest absolute Gasteiger partial charge is 0.173 e. The molecule has 0 radical (unpaired) electrons. The molecule has 5 heteroatoms. The second kappa shape index (κ2) is 8.41. The van der Waals surface area contributed by atoms with E-state index in [2.05, 4.69) is 53.2 Å². The molecule has 1 fully saturated rings. The average Bonchev–Trinajstić information content (AvgIpc) is 2.68. The number of thiocarbonyl (C=S) groups is 1. The Kier molecular flexibility index (Phi) is 5.99. The third-order valence-corrected chi connectivity index (χ3v) is 5.49. The molecule has 4 nitrogen and oxygen atoms in total. The van der Waals surface area contributed by atoms with Gasteiger partial charge < -0.3 is 20.2 Å². The fraction of sp³-hybridized carbons (Fsp3) is 0.381. The van der Waals surface area contributed by atoms with Crippen molar-refractivity contribution in [1.82, 2.24) is 4.90 Å². The van der Waals surface area contributed by atoms with Gasteiger partial charge in [0.2, 0.25) is 0 Å². The summed E-state index contributed by atoms with van der Waals surface area (Å²) in [6.07, 6.45) is 1.15. The van der Waals surface area contributed by atoms with Crippen LogP contribution in [0.1, 0.15) is 31.7 Å². The van der Waals surface area contributed by atoms with Crippen LogP contribution < -0.4 is 10.2 Å². The first-order valence-electron chi connectivity index (χ1n) is 9.27. The first kappa shape index (κ1) is 18.5. The summed E-state index contributed by atoms with van der Waals surface area (Å²) in [4.78, 5) is 4.39. The van der Waals surface area contributed by atoms with Crippen LogP contribution >= 0.6 is 12.2 Å². The Labute approximate surface area is 161 Å². The minimum absolute atomic E-state index is 0.336. The van der Waals surface area contributed by atoms with Gasteiger partial charge in [0.15, 0.2) is 5.11 Å². The van der Waals surface area contributed by atoms with E-state index in [9.17, 15) is 5.11 Å². The second-order valence-electron chi connectivity index (χ2n) is 6.82. The molecule has 0 aliphatic carbocycles. The molecule has 2 N–H and O–H groups in total. The summed E-state index contributed by atoms with van der Waals surface area (Å²) in [5, 5.41) is 14.1. The topological polar surface area (TPSA) is 38.7 Å². The highest BCUT2D eigenvalue weighted by atomic mass is 32.1. The van der Waals surface area contributed by atoms with E-state index in [1.165, 1.54) is 5.56 Å². The van der Waals surface area contributed by atoms with Crippen LogP contribution in [0, 0.1) is 0 Å². The van der Waals surface area contributed by atoms with Gasteiger partial charge >= 0.3 is 0 Å². The predicted molar refractivity (Wildman–Crippen MR) is 113 cm³/mol. The Balaban J connectivity index is 1.54. The summed E-state index contributed by atoms with van der Waals surface area (Å²) >= 11 is 5.59. The number of phenolic OH excluding ortho intramolecular Hbond substituents is 1. The van der Waals surface area contributed by atoms with Gasteiger partial charge in [0, 0.05) is 31.9 Å². The number of nitrogens with zero attached hydrogens (tertiary/aromatic N) is 2. The maximum atomic E-state index is 10.0. The van der Waals surface area contributed by atoms with Crippen LogP contribution in [0.4, 0.5) is 11.4 Å². The van der Waals surface area contributed by atoms with Gasteiger partial charge in [-0.25, -0.2) is 0 Å². The highest BCUT2D eigenvalue weighted by Crippen LogP contribution is 2.27. The predicted octanol–water partition coefficient (Wildman–Crippen LogP) is 4.42. The monoisotopic (exact) mass is 369 g/mol. The van der Waals surface area contributed by atoms with Gasteiger partial charge in [-0.05, 0) is 54.4 Å². The molecule has 3 rings (SSSR count). The van der Waals surface area contributed by atoms with Gasteiger partial charge in [0.05, 0.1) is 5.69 Å². The molecular weight excluding hydrogens is 342 g/mol. The first-order chi connectivity index (χ1) is 12.6. The van der Waals surface area contributed by atoms with Crippen molar-refractivity contribution in [2.24, 2.45) is 0 Å². The quantitative estimate of drug-likeness (QED) is 0.781. The third kappa shape index (κ3) is 4.28. The van der Waals surface area contributed by atoms with Crippen LogP contribution in [0.2, 0.25) is 0 Å². The van der Waals surface area contributed by atoms with Crippen molar-refractivity contribution in [3.05, 3.63) is 54.1 Å². The van der Waals surface area contributed by atoms with Gasteiger partial charge in [-0.3, -0.25) is 0 Å². The summed E-state index contributed by atoms with van der Waals surface area (Å²) in [6, 6.07) is 16.1. The van der Waals surface area contributed by atoms with Gasteiger partial charge in [0.1, 0.15) is 5.75 Å². The number of hydrogen-bond donors (Lipinski definition) is 2. The lowest BCUT2D eigenvalue weighted by Gasteiger charge is -2.37. The van der Waals surface area contributed by atoms with E-state index in [-0.39, 0.29) is 0 Å². The van der Waals surface area contributed by atoms with Crippen LogP contribution in [0.25, 0.3) is 0 Å². The molecule has 138 valence electrons. The van der Waals surface area contributed by atoms with Crippen LogP contribution in [-0.4, -0.2) is 41.3 Å².